The average molecular weight is 469 g/mol. The third kappa shape index (κ3) is 4.78. The maximum Gasteiger partial charge on any atom is 0.432 e. The molecule has 0 atom stereocenters. The Hall–Kier alpha value is -3.57. The molecule has 0 spiro atoms. The van der Waals surface area contributed by atoms with Gasteiger partial charge in [-0.1, -0.05) is 19.3 Å². The number of hydrogen-bond acceptors (Lipinski definition) is 7. The first-order valence-electron chi connectivity index (χ1n) is 10.1. The Kier molecular flexibility index (Phi) is 6.94. The van der Waals surface area contributed by atoms with E-state index in [0.717, 1.165) is 57.7 Å². The molecule has 0 unspecified atom stereocenters. The van der Waals surface area contributed by atoms with Crippen molar-refractivity contribution in [1.82, 2.24) is 4.57 Å². The van der Waals surface area contributed by atoms with Gasteiger partial charge in [-0.25, -0.2) is 9.59 Å². The fourth-order valence-electron chi connectivity index (χ4n) is 4.00. The van der Waals surface area contributed by atoms with Crippen LogP contribution in [0.1, 0.15) is 58.5 Å². The normalized spacial score (nSPS) is 14.6. The second-order valence-corrected chi connectivity index (χ2v) is 7.52. The number of hydrogen-bond donors (Lipinski definition) is 1. The minimum absolute atomic E-state index is 0.133. The molecule has 1 aromatic carbocycles. The van der Waals surface area contributed by atoms with Gasteiger partial charge in [-0.3, -0.25) is 14.7 Å². The molecule has 1 aliphatic rings. The third-order valence-electron chi connectivity index (χ3n) is 5.48. The van der Waals surface area contributed by atoms with Crippen LogP contribution in [-0.4, -0.2) is 41.7 Å². The number of nitrogens with zero attached hydrogens (tertiary/aromatic N) is 2. The van der Waals surface area contributed by atoms with Gasteiger partial charge in [0.2, 0.25) is 0 Å². The van der Waals surface area contributed by atoms with Gasteiger partial charge >= 0.3 is 18.1 Å². The molecule has 12 heteroatoms. The standard InChI is InChI=1S/C21H22F3N3O6/c1-32-19(28)15-16(20(29)33-2)18(25-12-6-4-3-5-7-12)26(17(15)21(22,23)24)13-8-10-14(11-9-13)27(30)31/h8-12,25H,3-7H2,1-2H3. The van der Waals surface area contributed by atoms with Crippen molar-refractivity contribution in [3.05, 3.63) is 51.2 Å². The highest BCUT2D eigenvalue weighted by Crippen LogP contribution is 2.42. The Morgan fingerprint density at radius 3 is 2.06 bits per heavy atom. The molecule has 1 aromatic heterocycles. The van der Waals surface area contributed by atoms with Gasteiger partial charge in [0.25, 0.3) is 5.69 Å². The zero-order chi connectivity index (χ0) is 24.3. The Morgan fingerprint density at radius 2 is 1.58 bits per heavy atom. The van der Waals surface area contributed by atoms with Crippen LogP contribution in [0.15, 0.2) is 24.3 Å². The number of non-ortho nitro benzene ring substituents is 1. The molecular weight excluding hydrogens is 447 g/mol. The van der Waals surface area contributed by atoms with Crippen molar-refractivity contribution in [1.29, 1.82) is 0 Å². The lowest BCUT2D eigenvalue weighted by atomic mass is 9.95. The fraction of sp³-hybridized carbons (Fsp3) is 0.429. The predicted molar refractivity (Wildman–Crippen MR) is 111 cm³/mol. The molecule has 3 rings (SSSR count). The van der Waals surface area contributed by atoms with Crippen LogP contribution >= 0.6 is 0 Å². The number of anilines is 1. The van der Waals surface area contributed by atoms with Gasteiger partial charge in [0, 0.05) is 23.9 Å². The zero-order valence-electron chi connectivity index (χ0n) is 17.9. The molecule has 33 heavy (non-hydrogen) atoms. The molecular formula is C21H22F3N3O6. The summed E-state index contributed by atoms with van der Waals surface area (Å²) in [6.07, 6.45) is -1.10. The summed E-state index contributed by atoms with van der Waals surface area (Å²) in [7, 11) is 1.89. The van der Waals surface area contributed by atoms with E-state index >= 15 is 0 Å². The first-order valence-corrected chi connectivity index (χ1v) is 10.1. The summed E-state index contributed by atoms with van der Waals surface area (Å²) in [5.74, 6) is -2.80. The average Bonchev–Trinajstić information content (AvgIpc) is 3.14. The molecule has 0 radical (unpaired) electrons. The van der Waals surface area contributed by atoms with E-state index < -0.39 is 39.9 Å². The molecule has 0 saturated heterocycles. The number of carbonyl (C=O) groups excluding carboxylic acids is 2. The molecule has 1 aliphatic carbocycles. The number of rotatable bonds is 6. The Morgan fingerprint density at radius 1 is 1.03 bits per heavy atom. The summed E-state index contributed by atoms with van der Waals surface area (Å²) in [6, 6.07) is 4.05. The first-order chi connectivity index (χ1) is 15.6. The second kappa shape index (κ2) is 9.51. The highest BCUT2D eigenvalue weighted by Gasteiger charge is 2.46. The van der Waals surface area contributed by atoms with Crippen LogP contribution < -0.4 is 5.32 Å². The van der Waals surface area contributed by atoms with Crippen molar-refractivity contribution < 1.29 is 37.2 Å². The van der Waals surface area contributed by atoms with E-state index in [2.05, 4.69) is 10.1 Å². The zero-order valence-corrected chi connectivity index (χ0v) is 17.9. The van der Waals surface area contributed by atoms with Crippen LogP contribution in [0.4, 0.5) is 24.7 Å². The fourth-order valence-corrected chi connectivity index (χ4v) is 4.00. The lowest BCUT2D eigenvalue weighted by Gasteiger charge is -2.26. The van der Waals surface area contributed by atoms with Crippen LogP contribution in [0.5, 0.6) is 0 Å². The molecule has 1 heterocycles. The number of carbonyl (C=O) groups is 2. The van der Waals surface area contributed by atoms with Gasteiger partial charge in [-0.15, -0.1) is 0 Å². The first kappa shape index (κ1) is 24.1. The maximum absolute atomic E-state index is 14.3. The molecule has 0 bridgehead atoms. The molecule has 1 fully saturated rings. The second-order valence-electron chi connectivity index (χ2n) is 7.52. The number of alkyl halides is 3. The molecule has 1 saturated carbocycles. The highest BCUT2D eigenvalue weighted by atomic mass is 19.4. The smallest absolute Gasteiger partial charge is 0.432 e. The van der Waals surface area contributed by atoms with Crippen LogP contribution in [0, 0.1) is 10.1 Å². The van der Waals surface area contributed by atoms with E-state index in [9.17, 15) is 32.9 Å². The quantitative estimate of drug-likeness (QED) is 0.370. The highest BCUT2D eigenvalue weighted by molar-refractivity contribution is 6.08. The summed E-state index contributed by atoms with van der Waals surface area (Å²) in [6.45, 7) is 0. The van der Waals surface area contributed by atoms with Crippen molar-refractivity contribution in [3.8, 4) is 5.69 Å². The van der Waals surface area contributed by atoms with Gasteiger partial charge in [0.15, 0.2) is 0 Å². The van der Waals surface area contributed by atoms with E-state index in [4.69, 9.17) is 4.74 Å². The Balaban J connectivity index is 2.37. The lowest BCUT2D eigenvalue weighted by molar-refractivity contribution is -0.384. The summed E-state index contributed by atoms with van der Waals surface area (Å²) < 4.78 is 52.9. The van der Waals surface area contributed by atoms with Crippen LogP contribution in [0.2, 0.25) is 0 Å². The maximum atomic E-state index is 14.3. The lowest BCUT2D eigenvalue weighted by Crippen LogP contribution is -2.25. The Bertz CT molecular complexity index is 1060. The molecule has 2 aromatic rings. The number of nitro benzene ring substituents is 1. The van der Waals surface area contributed by atoms with E-state index in [-0.39, 0.29) is 23.2 Å². The summed E-state index contributed by atoms with van der Waals surface area (Å²) in [4.78, 5) is 35.5. The monoisotopic (exact) mass is 469 g/mol. The minimum atomic E-state index is -5.08. The van der Waals surface area contributed by atoms with E-state index in [1.807, 2.05) is 0 Å². The topological polar surface area (TPSA) is 113 Å². The van der Waals surface area contributed by atoms with E-state index in [1.54, 1.807) is 0 Å². The summed E-state index contributed by atoms with van der Waals surface area (Å²) >= 11 is 0. The van der Waals surface area contributed by atoms with Crippen molar-refractivity contribution in [2.75, 3.05) is 19.5 Å². The van der Waals surface area contributed by atoms with E-state index in [1.165, 1.54) is 0 Å². The Labute approximate surface area is 186 Å². The van der Waals surface area contributed by atoms with Crippen LogP contribution in [0.25, 0.3) is 5.69 Å². The van der Waals surface area contributed by atoms with Crippen LogP contribution in [0.3, 0.4) is 0 Å². The van der Waals surface area contributed by atoms with Crippen molar-refractivity contribution >= 4 is 23.4 Å². The summed E-state index contributed by atoms with van der Waals surface area (Å²) in [5.41, 5.74) is -3.51. The molecule has 178 valence electrons. The van der Waals surface area contributed by atoms with Crippen molar-refractivity contribution in [2.45, 2.75) is 44.3 Å². The number of nitro groups is 1. The largest absolute Gasteiger partial charge is 0.465 e. The van der Waals surface area contributed by atoms with Crippen molar-refractivity contribution in [2.24, 2.45) is 0 Å². The number of ether oxygens (including phenoxy) is 2. The third-order valence-corrected chi connectivity index (χ3v) is 5.48. The van der Waals surface area contributed by atoms with Gasteiger partial charge < -0.3 is 14.8 Å². The molecule has 0 aliphatic heterocycles. The number of halogens is 3. The van der Waals surface area contributed by atoms with Gasteiger partial charge in [-0.2, -0.15) is 13.2 Å². The van der Waals surface area contributed by atoms with Gasteiger partial charge in [0.05, 0.1) is 19.1 Å². The minimum Gasteiger partial charge on any atom is -0.465 e. The molecule has 0 amide bonds. The number of esters is 2. The number of benzene rings is 1. The van der Waals surface area contributed by atoms with Crippen molar-refractivity contribution in [3.63, 3.8) is 0 Å². The number of aromatic nitrogens is 1. The molecule has 1 N–H and O–H groups in total. The predicted octanol–water partition coefficient (Wildman–Crippen LogP) is 4.72. The SMILES string of the molecule is COC(=O)c1c(C(=O)OC)c(C(F)(F)F)n(-c2ccc([N+](=O)[O-])cc2)c1NC1CCCCC1. The number of nitrogens with one attached hydrogen (secondary N) is 1. The van der Waals surface area contributed by atoms with Gasteiger partial charge in [0.1, 0.15) is 22.6 Å². The number of methoxy groups -OCH3 is 2. The summed E-state index contributed by atoms with van der Waals surface area (Å²) in [5, 5.41) is 14.0. The van der Waals surface area contributed by atoms with E-state index in [0.29, 0.717) is 17.4 Å². The van der Waals surface area contributed by atoms with Gasteiger partial charge in [-0.05, 0) is 25.0 Å². The molecule has 9 nitrogen and oxygen atoms in total. The van der Waals surface area contributed by atoms with Crippen LogP contribution in [-0.2, 0) is 15.7 Å².